The highest BCUT2D eigenvalue weighted by molar-refractivity contribution is 7.90. The average Bonchev–Trinajstić information content (AvgIpc) is 3.37. The molecule has 2 N–H and O–H groups in total. The second-order valence-corrected chi connectivity index (χ2v) is 12.7. The Balaban J connectivity index is 1.38. The number of benzene rings is 4. The molecule has 5 aromatic rings. The van der Waals surface area contributed by atoms with Crippen LogP contribution < -0.4 is 10.6 Å². The predicted octanol–water partition coefficient (Wildman–Crippen LogP) is 6.38. The molecule has 0 saturated carbocycles. The Morgan fingerprint density at radius 3 is 2.17 bits per heavy atom. The van der Waals surface area contributed by atoms with Gasteiger partial charge in [0.05, 0.1) is 27.2 Å². The fourth-order valence-corrected chi connectivity index (χ4v) is 5.67. The van der Waals surface area contributed by atoms with E-state index in [4.69, 9.17) is 0 Å². The van der Waals surface area contributed by atoms with E-state index in [1.807, 2.05) is 19.1 Å². The molecule has 0 atom stereocenters. The molecule has 0 spiro atoms. The number of nitrogens with zero attached hydrogens (tertiary/aromatic N) is 2. The van der Waals surface area contributed by atoms with Crippen LogP contribution in [-0.2, 0) is 15.4 Å². The van der Waals surface area contributed by atoms with Crippen LogP contribution in [0, 0.1) is 6.92 Å². The monoisotopic (exact) mass is 566 g/mol. The lowest BCUT2D eigenvalue weighted by Crippen LogP contribution is -2.18. The zero-order valence-electron chi connectivity index (χ0n) is 23.2. The van der Waals surface area contributed by atoms with Crippen molar-refractivity contribution in [1.82, 2.24) is 8.96 Å². The Morgan fingerprint density at radius 1 is 0.805 bits per heavy atom. The molecule has 0 saturated heterocycles. The number of hydrogen-bond acceptors (Lipinski definition) is 5. The Hall–Kier alpha value is -4.76. The van der Waals surface area contributed by atoms with Gasteiger partial charge in [-0.3, -0.25) is 9.59 Å². The maximum absolute atomic E-state index is 13.3. The number of carbonyl (C=O) groups is 2. The second-order valence-electron chi connectivity index (χ2n) is 10.8. The number of hydrogen-bond donors (Lipinski definition) is 2. The number of aromatic nitrogens is 2. The molecule has 0 aliphatic heterocycles. The first-order chi connectivity index (χ1) is 19.4. The quantitative estimate of drug-likeness (QED) is 0.248. The van der Waals surface area contributed by atoms with Gasteiger partial charge in [-0.25, -0.2) is 17.4 Å². The van der Waals surface area contributed by atoms with Crippen molar-refractivity contribution in [3.8, 4) is 0 Å². The lowest BCUT2D eigenvalue weighted by molar-refractivity contribution is 0.102. The summed E-state index contributed by atoms with van der Waals surface area (Å²) in [5.74, 6) is -0.798. The Morgan fingerprint density at radius 2 is 1.49 bits per heavy atom. The van der Waals surface area contributed by atoms with Gasteiger partial charge in [0.2, 0.25) is 0 Å². The van der Waals surface area contributed by atoms with E-state index >= 15 is 0 Å². The summed E-state index contributed by atoms with van der Waals surface area (Å²) < 4.78 is 27.7. The molecule has 0 radical (unpaired) electrons. The van der Waals surface area contributed by atoms with Crippen molar-refractivity contribution >= 4 is 44.2 Å². The van der Waals surface area contributed by atoms with Crippen LogP contribution in [0.1, 0.15) is 52.6 Å². The smallest absolute Gasteiger partial charge is 0.269 e. The van der Waals surface area contributed by atoms with E-state index in [-0.39, 0.29) is 21.8 Å². The molecular weight excluding hydrogens is 536 g/mol. The van der Waals surface area contributed by atoms with Crippen LogP contribution in [0.25, 0.3) is 11.0 Å². The Kier molecular flexibility index (Phi) is 7.23. The van der Waals surface area contributed by atoms with Gasteiger partial charge in [-0.05, 0) is 72.5 Å². The first kappa shape index (κ1) is 27.8. The summed E-state index contributed by atoms with van der Waals surface area (Å²) in [4.78, 5) is 30.7. The maximum Gasteiger partial charge on any atom is 0.269 e. The third-order valence-corrected chi connectivity index (χ3v) is 8.46. The molecule has 8 nitrogen and oxygen atoms in total. The highest BCUT2D eigenvalue weighted by Crippen LogP contribution is 2.26. The van der Waals surface area contributed by atoms with E-state index < -0.39 is 15.9 Å². The van der Waals surface area contributed by atoms with Gasteiger partial charge in [-0.15, -0.1) is 0 Å². The molecule has 0 aliphatic carbocycles. The molecule has 9 heteroatoms. The van der Waals surface area contributed by atoms with Gasteiger partial charge in [-0.1, -0.05) is 62.7 Å². The standard InChI is InChI=1S/C32H30N4O4S/c1-21-9-16-25(17-10-21)41(39,40)36-20-33-28-18-15-24(19-29(28)36)34-31(38)26-7-5-6-8-27(26)35-30(37)22-11-13-23(14-12-22)32(2,3)4/h5-20H,1-4H3,(H,34,38)(H,35,37). The molecule has 208 valence electrons. The Bertz CT molecular complexity index is 1870. The number of carbonyl (C=O) groups excluding carboxylic acids is 2. The predicted molar refractivity (Wildman–Crippen MR) is 161 cm³/mol. The normalized spacial score (nSPS) is 11.8. The third-order valence-electron chi connectivity index (χ3n) is 6.78. The van der Waals surface area contributed by atoms with Crippen LogP contribution in [0.4, 0.5) is 11.4 Å². The molecule has 5 rings (SSSR count). The molecule has 0 fully saturated rings. The van der Waals surface area contributed by atoms with Crippen molar-refractivity contribution in [2.75, 3.05) is 10.6 Å². The summed E-state index contributed by atoms with van der Waals surface area (Å²) in [6.45, 7) is 8.19. The van der Waals surface area contributed by atoms with Crippen LogP contribution >= 0.6 is 0 Å². The SMILES string of the molecule is Cc1ccc(S(=O)(=O)n2cnc3ccc(NC(=O)c4ccccc4NC(=O)c4ccc(C(C)(C)C)cc4)cc32)cc1. The highest BCUT2D eigenvalue weighted by Gasteiger charge is 2.21. The van der Waals surface area contributed by atoms with Crippen LogP contribution in [0.2, 0.25) is 0 Å². The maximum atomic E-state index is 13.3. The fraction of sp³-hybridized carbons (Fsp3) is 0.156. The van der Waals surface area contributed by atoms with Gasteiger partial charge in [-0.2, -0.15) is 0 Å². The summed E-state index contributed by atoms with van der Waals surface area (Å²) in [6, 6.07) is 25.5. The summed E-state index contributed by atoms with van der Waals surface area (Å²) in [5, 5.41) is 5.65. The average molecular weight is 567 g/mol. The van der Waals surface area contributed by atoms with Crippen molar-refractivity contribution in [1.29, 1.82) is 0 Å². The van der Waals surface area contributed by atoms with E-state index in [2.05, 4.69) is 36.4 Å². The largest absolute Gasteiger partial charge is 0.322 e. The number of aryl methyl sites for hydroxylation is 1. The summed E-state index contributed by atoms with van der Waals surface area (Å²) in [5.41, 5.74) is 4.26. The molecule has 1 aromatic heterocycles. The van der Waals surface area contributed by atoms with Gasteiger partial charge in [0.25, 0.3) is 21.8 Å². The molecule has 0 bridgehead atoms. The number of fused-ring (bicyclic) bond motifs is 1. The minimum Gasteiger partial charge on any atom is -0.322 e. The van der Waals surface area contributed by atoms with Crippen molar-refractivity contribution in [3.63, 3.8) is 0 Å². The first-order valence-electron chi connectivity index (χ1n) is 13.1. The van der Waals surface area contributed by atoms with Crippen LogP contribution in [0.15, 0.2) is 102 Å². The number of anilines is 2. The lowest BCUT2D eigenvalue weighted by atomic mass is 9.86. The summed E-state index contributed by atoms with van der Waals surface area (Å²) >= 11 is 0. The van der Waals surface area contributed by atoms with Crippen molar-refractivity contribution < 1.29 is 18.0 Å². The summed E-state index contributed by atoms with van der Waals surface area (Å²) in [7, 11) is -3.90. The number of imidazole rings is 1. The van der Waals surface area contributed by atoms with Gasteiger partial charge in [0, 0.05) is 11.3 Å². The van der Waals surface area contributed by atoms with E-state index in [1.165, 1.54) is 6.33 Å². The van der Waals surface area contributed by atoms with Crippen LogP contribution in [-0.4, -0.2) is 29.2 Å². The zero-order valence-corrected chi connectivity index (χ0v) is 24.0. The van der Waals surface area contributed by atoms with E-state index in [9.17, 15) is 18.0 Å². The number of nitrogens with one attached hydrogen (secondary N) is 2. The van der Waals surface area contributed by atoms with Crippen molar-refractivity contribution in [2.24, 2.45) is 0 Å². The zero-order chi connectivity index (χ0) is 29.4. The van der Waals surface area contributed by atoms with Crippen LogP contribution in [0.5, 0.6) is 0 Å². The lowest BCUT2D eigenvalue weighted by Gasteiger charge is -2.19. The molecule has 4 aromatic carbocycles. The number of para-hydroxylation sites is 1. The van der Waals surface area contributed by atoms with Gasteiger partial charge in [0.1, 0.15) is 6.33 Å². The topological polar surface area (TPSA) is 110 Å². The summed E-state index contributed by atoms with van der Waals surface area (Å²) in [6.07, 6.45) is 1.25. The molecule has 0 aliphatic rings. The van der Waals surface area contributed by atoms with Gasteiger partial charge in [0.15, 0.2) is 0 Å². The minimum atomic E-state index is -3.90. The minimum absolute atomic E-state index is 0.0364. The first-order valence-corrected chi connectivity index (χ1v) is 14.5. The van der Waals surface area contributed by atoms with Crippen molar-refractivity contribution in [2.45, 2.75) is 38.0 Å². The van der Waals surface area contributed by atoms with Gasteiger partial charge < -0.3 is 10.6 Å². The highest BCUT2D eigenvalue weighted by atomic mass is 32.2. The van der Waals surface area contributed by atoms with Crippen molar-refractivity contribution in [3.05, 3.63) is 120 Å². The van der Waals surface area contributed by atoms with Gasteiger partial charge >= 0.3 is 0 Å². The molecule has 1 heterocycles. The molecule has 0 unspecified atom stereocenters. The van der Waals surface area contributed by atoms with Crippen LogP contribution in [0.3, 0.4) is 0 Å². The molecule has 2 amide bonds. The van der Waals surface area contributed by atoms with E-state index in [1.54, 1.807) is 78.9 Å². The fourth-order valence-electron chi connectivity index (χ4n) is 4.38. The third kappa shape index (κ3) is 5.76. The second kappa shape index (κ2) is 10.7. The molecule has 41 heavy (non-hydrogen) atoms. The van der Waals surface area contributed by atoms with E-state index in [0.29, 0.717) is 28.0 Å². The molecular formula is C32H30N4O4S. The number of rotatable bonds is 6. The van der Waals surface area contributed by atoms with E-state index in [0.717, 1.165) is 15.1 Å². The number of amides is 2. The Labute approximate surface area is 239 Å².